The van der Waals surface area contributed by atoms with Gasteiger partial charge in [0.2, 0.25) is 10.0 Å². The molecular formula is C11H11NO4S2. The second-order valence-electron chi connectivity index (χ2n) is 3.80. The standard InChI is InChI=1S/C11H11NO4S2/c1-7(11(13)14)18(15,16)12-9-2-3-10-8(6-9)4-5-17-10/h2-7,12H,1H3,(H,13,14). The van der Waals surface area contributed by atoms with E-state index in [4.69, 9.17) is 5.11 Å². The number of benzene rings is 1. The molecule has 1 unspecified atom stereocenters. The van der Waals surface area contributed by atoms with Gasteiger partial charge in [0.15, 0.2) is 5.25 Å². The summed E-state index contributed by atoms with van der Waals surface area (Å²) >= 11 is 1.55. The highest BCUT2D eigenvalue weighted by Crippen LogP contribution is 2.24. The van der Waals surface area contributed by atoms with Crippen molar-refractivity contribution in [2.45, 2.75) is 12.2 Å². The van der Waals surface area contributed by atoms with Crippen LogP contribution in [0.2, 0.25) is 0 Å². The Hall–Kier alpha value is -1.60. The molecule has 0 bridgehead atoms. The minimum absolute atomic E-state index is 0.369. The SMILES string of the molecule is CC(C(=O)O)S(=O)(=O)Nc1ccc2sccc2c1. The van der Waals surface area contributed by atoms with E-state index in [1.807, 2.05) is 11.4 Å². The normalized spacial score (nSPS) is 13.4. The van der Waals surface area contributed by atoms with Crippen LogP contribution in [-0.4, -0.2) is 24.7 Å². The van der Waals surface area contributed by atoms with Crippen LogP contribution in [0.4, 0.5) is 5.69 Å². The first-order valence-corrected chi connectivity index (χ1v) is 7.54. The number of carbonyl (C=O) groups is 1. The zero-order valence-corrected chi connectivity index (χ0v) is 11.1. The minimum Gasteiger partial charge on any atom is -0.480 e. The third kappa shape index (κ3) is 2.46. The van der Waals surface area contributed by atoms with Gasteiger partial charge in [0.1, 0.15) is 0 Å². The van der Waals surface area contributed by atoms with Gasteiger partial charge in [0, 0.05) is 10.4 Å². The number of hydrogen-bond donors (Lipinski definition) is 2. The van der Waals surface area contributed by atoms with E-state index >= 15 is 0 Å². The fourth-order valence-electron chi connectivity index (χ4n) is 1.42. The van der Waals surface area contributed by atoms with Crippen LogP contribution in [-0.2, 0) is 14.8 Å². The molecule has 1 aromatic heterocycles. The Bertz CT molecular complexity index is 690. The molecule has 0 radical (unpaired) electrons. The van der Waals surface area contributed by atoms with Crippen molar-refractivity contribution in [1.29, 1.82) is 0 Å². The first-order valence-electron chi connectivity index (χ1n) is 5.12. The molecule has 5 nitrogen and oxygen atoms in total. The van der Waals surface area contributed by atoms with Crippen LogP contribution >= 0.6 is 11.3 Å². The molecule has 2 N–H and O–H groups in total. The van der Waals surface area contributed by atoms with E-state index in [1.54, 1.807) is 29.5 Å². The molecule has 0 aliphatic heterocycles. The molecule has 0 fully saturated rings. The number of rotatable bonds is 4. The van der Waals surface area contributed by atoms with Crippen molar-refractivity contribution in [2.24, 2.45) is 0 Å². The van der Waals surface area contributed by atoms with E-state index in [2.05, 4.69) is 4.72 Å². The van der Waals surface area contributed by atoms with Crippen LogP contribution < -0.4 is 4.72 Å². The molecule has 2 aromatic rings. The summed E-state index contributed by atoms with van der Waals surface area (Å²) in [6, 6.07) is 6.96. The molecule has 1 aromatic carbocycles. The zero-order valence-electron chi connectivity index (χ0n) is 9.45. The highest BCUT2D eigenvalue weighted by atomic mass is 32.2. The monoisotopic (exact) mass is 285 g/mol. The maximum atomic E-state index is 11.7. The van der Waals surface area contributed by atoms with E-state index in [9.17, 15) is 13.2 Å². The van der Waals surface area contributed by atoms with Crippen molar-refractivity contribution < 1.29 is 18.3 Å². The average molecular weight is 285 g/mol. The number of nitrogens with one attached hydrogen (secondary N) is 1. The second-order valence-corrected chi connectivity index (χ2v) is 6.75. The molecule has 1 atom stereocenters. The summed E-state index contributed by atoms with van der Waals surface area (Å²) in [4.78, 5) is 10.7. The number of fused-ring (bicyclic) bond motifs is 1. The predicted octanol–water partition coefficient (Wildman–Crippen LogP) is 2.12. The molecule has 18 heavy (non-hydrogen) atoms. The Balaban J connectivity index is 2.30. The van der Waals surface area contributed by atoms with Crippen molar-refractivity contribution in [1.82, 2.24) is 0 Å². The summed E-state index contributed by atoms with van der Waals surface area (Å²) in [5, 5.41) is 10.1. The molecular weight excluding hydrogens is 274 g/mol. The quantitative estimate of drug-likeness (QED) is 0.901. The molecule has 96 valence electrons. The van der Waals surface area contributed by atoms with E-state index < -0.39 is 21.2 Å². The van der Waals surface area contributed by atoms with Gasteiger partial charge in [0.05, 0.1) is 0 Å². The van der Waals surface area contributed by atoms with Gasteiger partial charge in [-0.25, -0.2) is 8.42 Å². The minimum atomic E-state index is -3.91. The molecule has 2 rings (SSSR count). The number of hydrogen-bond acceptors (Lipinski definition) is 4. The summed E-state index contributed by atoms with van der Waals surface area (Å²) in [5.41, 5.74) is 0.369. The summed E-state index contributed by atoms with van der Waals surface area (Å²) in [6.45, 7) is 1.13. The Kier molecular flexibility index (Phi) is 3.27. The molecule has 0 saturated heterocycles. The summed E-state index contributed by atoms with van der Waals surface area (Å²) in [7, 11) is -3.91. The van der Waals surface area contributed by atoms with Crippen molar-refractivity contribution in [3.8, 4) is 0 Å². The highest BCUT2D eigenvalue weighted by molar-refractivity contribution is 7.94. The lowest BCUT2D eigenvalue weighted by atomic mass is 10.2. The summed E-state index contributed by atoms with van der Waals surface area (Å²) < 4.78 is 26.8. The van der Waals surface area contributed by atoms with Gasteiger partial charge >= 0.3 is 5.97 Å². The van der Waals surface area contributed by atoms with E-state index in [1.165, 1.54) is 0 Å². The van der Waals surface area contributed by atoms with Crippen molar-refractivity contribution >= 4 is 43.1 Å². The van der Waals surface area contributed by atoms with Crippen molar-refractivity contribution in [3.63, 3.8) is 0 Å². The van der Waals surface area contributed by atoms with Gasteiger partial charge < -0.3 is 5.11 Å². The number of aliphatic carboxylic acids is 1. The van der Waals surface area contributed by atoms with Crippen LogP contribution in [0, 0.1) is 0 Å². The molecule has 0 aliphatic rings. The molecule has 0 amide bonds. The second kappa shape index (κ2) is 4.58. The molecule has 0 aliphatic carbocycles. The number of carboxylic acids is 1. The largest absolute Gasteiger partial charge is 0.480 e. The van der Waals surface area contributed by atoms with Gasteiger partial charge in [0.25, 0.3) is 0 Å². The molecule has 1 heterocycles. The molecule has 0 spiro atoms. The lowest BCUT2D eigenvalue weighted by Crippen LogP contribution is -2.32. The van der Waals surface area contributed by atoms with Crippen LogP contribution in [0.1, 0.15) is 6.92 Å². The number of carboxylic acid groups (broad SMARTS) is 1. The van der Waals surface area contributed by atoms with Crippen LogP contribution in [0.5, 0.6) is 0 Å². The van der Waals surface area contributed by atoms with Crippen molar-refractivity contribution in [2.75, 3.05) is 4.72 Å². The number of thiophene rings is 1. The maximum Gasteiger partial charge on any atom is 0.323 e. The topological polar surface area (TPSA) is 83.5 Å². The first kappa shape index (κ1) is 12.8. The Morgan fingerprint density at radius 2 is 2.11 bits per heavy atom. The van der Waals surface area contributed by atoms with E-state index in [0.717, 1.165) is 17.0 Å². The Morgan fingerprint density at radius 1 is 1.39 bits per heavy atom. The zero-order chi connectivity index (χ0) is 13.3. The van der Waals surface area contributed by atoms with Gasteiger partial charge in [-0.1, -0.05) is 0 Å². The summed E-state index contributed by atoms with van der Waals surface area (Å²) in [5.74, 6) is -1.38. The number of anilines is 1. The fraction of sp³-hybridized carbons (Fsp3) is 0.182. The summed E-state index contributed by atoms with van der Waals surface area (Å²) in [6.07, 6.45) is 0. The third-order valence-electron chi connectivity index (χ3n) is 2.53. The van der Waals surface area contributed by atoms with Gasteiger partial charge in [-0.3, -0.25) is 9.52 Å². The first-order chi connectivity index (χ1) is 8.40. The average Bonchev–Trinajstić information content (AvgIpc) is 2.74. The van der Waals surface area contributed by atoms with Crippen LogP contribution in [0.3, 0.4) is 0 Å². The molecule has 0 saturated carbocycles. The maximum absolute atomic E-state index is 11.7. The number of sulfonamides is 1. The predicted molar refractivity (Wildman–Crippen MR) is 71.5 cm³/mol. The lowest BCUT2D eigenvalue weighted by molar-refractivity contribution is -0.136. The third-order valence-corrected chi connectivity index (χ3v) is 5.08. The van der Waals surface area contributed by atoms with Crippen molar-refractivity contribution in [3.05, 3.63) is 29.6 Å². The van der Waals surface area contributed by atoms with Crippen LogP contribution in [0.15, 0.2) is 29.6 Å². The van der Waals surface area contributed by atoms with Gasteiger partial charge in [-0.2, -0.15) is 0 Å². The Labute approximate surface area is 108 Å². The van der Waals surface area contributed by atoms with Gasteiger partial charge in [-0.05, 0) is 42.0 Å². The smallest absolute Gasteiger partial charge is 0.323 e. The van der Waals surface area contributed by atoms with Crippen LogP contribution in [0.25, 0.3) is 10.1 Å². The van der Waals surface area contributed by atoms with Gasteiger partial charge in [-0.15, -0.1) is 11.3 Å². The Morgan fingerprint density at radius 3 is 2.78 bits per heavy atom. The fourth-order valence-corrected chi connectivity index (χ4v) is 3.08. The highest BCUT2D eigenvalue weighted by Gasteiger charge is 2.27. The molecule has 7 heteroatoms. The lowest BCUT2D eigenvalue weighted by Gasteiger charge is -2.11. The van der Waals surface area contributed by atoms with E-state index in [0.29, 0.717) is 5.69 Å². The van der Waals surface area contributed by atoms with E-state index in [-0.39, 0.29) is 0 Å².